The van der Waals surface area contributed by atoms with Crippen molar-refractivity contribution in [3.05, 3.63) is 58.3 Å². The van der Waals surface area contributed by atoms with Crippen LogP contribution in [0.15, 0.2) is 42.7 Å². The average Bonchev–Trinajstić information content (AvgIpc) is 2.33. The summed E-state index contributed by atoms with van der Waals surface area (Å²) in [7, 11) is 0. The summed E-state index contributed by atoms with van der Waals surface area (Å²) in [6.45, 7) is 0.887. The molecule has 0 unspecified atom stereocenters. The van der Waals surface area contributed by atoms with E-state index in [-0.39, 0.29) is 12.4 Å². The highest BCUT2D eigenvalue weighted by atomic mass is 35.5. The van der Waals surface area contributed by atoms with Crippen LogP contribution in [-0.2, 0) is 13.0 Å². The summed E-state index contributed by atoms with van der Waals surface area (Å²) < 4.78 is 2.08. The molecule has 0 saturated carbocycles. The molecule has 2 aromatic rings. The van der Waals surface area contributed by atoms with Crippen molar-refractivity contribution in [1.29, 1.82) is 0 Å². The molecule has 0 aliphatic rings. The molecular formula is C13H13Cl3N2. The Bertz CT molecular complexity index is 512. The Morgan fingerprint density at radius 2 is 1.67 bits per heavy atom. The number of nitrogen functional groups attached to an aromatic ring is 1. The second-order valence-electron chi connectivity index (χ2n) is 3.87. The fraction of sp³-hybridized carbons (Fsp3) is 0.154. The first-order chi connectivity index (χ1) is 8.15. The van der Waals surface area contributed by atoms with Gasteiger partial charge < -0.3 is 18.1 Å². The fourth-order valence-corrected chi connectivity index (χ4v) is 1.89. The Kier molecular flexibility index (Phi) is 5.73. The van der Waals surface area contributed by atoms with E-state index in [4.69, 9.17) is 28.9 Å². The summed E-state index contributed by atoms with van der Waals surface area (Å²) in [5, 5.41) is 1.20. The van der Waals surface area contributed by atoms with Gasteiger partial charge in [0.15, 0.2) is 18.9 Å². The Morgan fingerprint density at radius 1 is 1.00 bits per heavy atom. The lowest BCUT2D eigenvalue weighted by molar-refractivity contribution is -0.696. The molecule has 0 radical (unpaired) electrons. The summed E-state index contributed by atoms with van der Waals surface area (Å²) in [5.74, 6) is 0. The van der Waals surface area contributed by atoms with E-state index >= 15 is 0 Å². The highest BCUT2D eigenvalue weighted by molar-refractivity contribution is 6.42. The summed E-state index contributed by atoms with van der Waals surface area (Å²) >= 11 is 11.8. The molecule has 18 heavy (non-hydrogen) atoms. The van der Waals surface area contributed by atoms with Gasteiger partial charge in [0.1, 0.15) is 0 Å². The van der Waals surface area contributed by atoms with Crippen molar-refractivity contribution in [2.75, 3.05) is 5.73 Å². The van der Waals surface area contributed by atoms with Gasteiger partial charge in [-0.3, -0.25) is 0 Å². The van der Waals surface area contributed by atoms with Crippen LogP contribution in [0, 0.1) is 0 Å². The van der Waals surface area contributed by atoms with Gasteiger partial charge in [0.05, 0.1) is 10.0 Å². The van der Waals surface area contributed by atoms with E-state index < -0.39 is 0 Å². The fourth-order valence-electron chi connectivity index (χ4n) is 1.57. The Hall–Kier alpha value is -0.960. The lowest BCUT2D eigenvalue weighted by Crippen LogP contribution is -3.00. The average molecular weight is 304 g/mol. The molecule has 2 nitrogen and oxygen atoms in total. The molecule has 2 N–H and O–H groups in total. The molecule has 0 aliphatic carbocycles. The SMILES string of the molecule is Nc1cc[n+](CCc2ccc(Cl)c(Cl)c2)cc1.[Cl-]. The van der Waals surface area contributed by atoms with Crippen LogP contribution in [0.2, 0.25) is 10.0 Å². The quantitative estimate of drug-likeness (QED) is 0.802. The van der Waals surface area contributed by atoms with Crippen molar-refractivity contribution in [2.24, 2.45) is 0 Å². The first-order valence-electron chi connectivity index (χ1n) is 5.33. The van der Waals surface area contributed by atoms with Crippen LogP contribution in [0.25, 0.3) is 0 Å². The number of halogens is 3. The second-order valence-corrected chi connectivity index (χ2v) is 4.68. The molecule has 0 aliphatic heterocycles. The van der Waals surface area contributed by atoms with Crippen LogP contribution in [0.1, 0.15) is 5.56 Å². The van der Waals surface area contributed by atoms with Gasteiger partial charge >= 0.3 is 0 Å². The zero-order chi connectivity index (χ0) is 12.3. The van der Waals surface area contributed by atoms with E-state index in [2.05, 4.69) is 4.57 Å². The lowest BCUT2D eigenvalue weighted by Gasteiger charge is -2.01. The largest absolute Gasteiger partial charge is 1.00 e. The molecular weight excluding hydrogens is 291 g/mol. The molecule has 1 heterocycles. The van der Waals surface area contributed by atoms with E-state index in [0.717, 1.165) is 18.7 Å². The minimum atomic E-state index is 0. The van der Waals surface area contributed by atoms with E-state index in [0.29, 0.717) is 10.0 Å². The van der Waals surface area contributed by atoms with Gasteiger partial charge in [-0.25, -0.2) is 4.57 Å². The smallest absolute Gasteiger partial charge is 0.170 e. The third kappa shape index (κ3) is 4.05. The molecule has 0 saturated heterocycles. The number of nitrogens with two attached hydrogens (primary N) is 1. The molecule has 0 bridgehead atoms. The maximum absolute atomic E-state index is 5.96. The predicted molar refractivity (Wildman–Crippen MR) is 71.2 cm³/mol. The first kappa shape index (κ1) is 15.1. The van der Waals surface area contributed by atoms with Crippen molar-refractivity contribution in [1.82, 2.24) is 0 Å². The van der Waals surface area contributed by atoms with Crippen molar-refractivity contribution >= 4 is 28.9 Å². The normalized spacial score (nSPS) is 9.89. The monoisotopic (exact) mass is 302 g/mol. The number of aryl methyl sites for hydroxylation is 2. The summed E-state index contributed by atoms with van der Waals surface area (Å²) in [6, 6.07) is 9.49. The standard InChI is InChI=1S/C13H12Cl2N2.ClH/c14-12-2-1-10(9-13(12)15)3-6-17-7-4-11(16)5-8-17;/h1-2,4-5,7-9,16H,3,6H2;1H. The molecule has 0 atom stereocenters. The molecule has 1 aromatic heterocycles. The van der Waals surface area contributed by atoms with E-state index in [1.54, 1.807) is 0 Å². The molecule has 2 rings (SSSR count). The minimum absolute atomic E-state index is 0. The third-order valence-corrected chi connectivity index (χ3v) is 3.30. The highest BCUT2D eigenvalue weighted by Crippen LogP contribution is 2.22. The van der Waals surface area contributed by atoms with Gasteiger partial charge in [-0.15, -0.1) is 0 Å². The number of nitrogens with zero attached hydrogens (tertiary/aromatic N) is 1. The Balaban J connectivity index is 0.00000162. The number of pyridine rings is 1. The Labute approximate surface area is 123 Å². The summed E-state index contributed by atoms with van der Waals surface area (Å²) in [5.41, 5.74) is 7.57. The van der Waals surface area contributed by atoms with Gasteiger partial charge in [0.25, 0.3) is 0 Å². The van der Waals surface area contributed by atoms with E-state index in [9.17, 15) is 0 Å². The maximum atomic E-state index is 5.96. The van der Waals surface area contributed by atoms with E-state index in [1.165, 1.54) is 5.56 Å². The first-order valence-corrected chi connectivity index (χ1v) is 6.09. The van der Waals surface area contributed by atoms with Crippen LogP contribution in [-0.4, -0.2) is 0 Å². The van der Waals surface area contributed by atoms with Crippen LogP contribution >= 0.6 is 23.2 Å². The zero-order valence-electron chi connectivity index (χ0n) is 9.61. The molecule has 0 amide bonds. The highest BCUT2D eigenvalue weighted by Gasteiger charge is 2.03. The van der Waals surface area contributed by atoms with Gasteiger partial charge in [0, 0.05) is 24.2 Å². The molecule has 0 spiro atoms. The van der Waals surface area contributed by atoms with Crippen molar-refractivity contribution in [2.45, 2.75) is 13.0 Å². The summed E-state index contributed by atoms with van der Waals surface area (Å²) in [4.78, 5) is 0. The second kappa shape index (κ2) is 6.83. The minimum Gasteiger partial charge on any atom is -1.00 e. The van der Waals surface area contributed by atoms with E-state index in [1.807, 2.05) is 42.7 Å². The number of hydrogen-bond acceptors (Lipinski definition) is 1. The number of benzene rings is 1. The van der Waals surface area contributed by atoms with Crippen LogP contribution in [0.3, 0.4) is 0 Å². The number of rotatable bonds is 3. The van der Waals surface area contributed by atoms with Gasteiger partial charge in [0.2, 0.25) is 0 Å². The molecule has 96 valence electrons. The van der Waals surface area contributed by atoms with Crippen LogP contribution in [0.5, 0.6) is 0 Å². The molecule has 0 fully saturated rings. The number of hydrogen-bond donors (Lipinski definition) is 1. The molecule has 5 heteroatoms. The third-order valence-electron chi connectivity index (χ3n) is 2.56. The van der Waals surface area contributed by atoms with Gasteiger partial charge in [-0.05, 0) is 17.7 Å². The number of anilines is 1. The van der Waals surface area contributed by atoms with Crippen molar-refractivity contribution in [3.8, 4) is 0 Å². The molecule has 1 aromatic carbocycles. The maximum Gasteiger partial charge on any atom is 0.170 e. The number of aromatic nitrogens is 1. The van der Waals surface area contributed by atoms with Crippen molar-refractivity contribution in [3.63, 3.8) is 0 Å². The lowest BCUT2D eigenvalue weighted by atomic mass is 10.1. The zero-order valence-corrected chi connectivity index (χ0v) is 11.9. The van der Waals surface area contributed by atoms with Crippen molar-refractivity contribution < 1.29 is 17.0 Å². The van der Waals surface area contributed by atoms with Crippen LogP contribution in [0.4, 0.5) is 5.69 Å². The Morgan fingerprint density at radius 3 is 2.28 bits per heavy atom. The topological polar surface area (TPSA) is 29.9 Å². The predicted octanol–water partition coefficient (Wildman–Crippen LogP) is 0.110. The van der Waals surface area contributed by atoms with Gasteiger partial charge in [-0.2, -0.15) is 0 Å². The van der Waals surface area contributed by atoms with Crippen LogP contribution < -0.4 is 22.7 Å². The summed E-state index contributed by atoms with van der Waals surface area (Å²) in [6.07, 6.45) is 4.84. The van der Waals surface area contributed by atoms with Gasteiger partial charge in [-0.1, -0.05) is 29.3 Å².